The Hall–Kier alpha value is -2.79. The molecule has 0 bridgehead atoms. The number of hydrogen-bond acceptors (Lipinski definition) is 3. The van der Waals surface area contributed by atoms with Crippen molar-refractivity contribution in [2.24, 2.45) is 0 Å². The lowest BCUT2D eigenvalue weighted by Gasteiger charge is -2.14. The van der Waals surface area contributed by atoms with E-state index in [1.54, 1.807) is 17.9 Å². The van der Waals surface area contributed by atoms with Crippen molar-refractivity contribution in [1.82, 2.24) is 9.47 Å². The van der Waals surface area contributed by atoms with Gasteiger partial charge in [-0.15, -0.1) is 0 Å². The second-order valence-electron chi connectivity index (χ2n) is 6.70. The van der Waals surface area contributed by atoms with E-state index in [0.717, 1.165) is 22.6 Å². The first kappa shape index (κ1) is 20.0. The first-order valence-electron chi connectivity index (χ1n) is 9.08. The minimum Gasteiger partial charge on any atom is -0.465 e. The monoisotopic (exact) mass is 398 g/mol. The number of likely N-dealkylation sites (N-methyl/N-ethyl adjacent to an activating group) is 1. The summed E-state index contributed by atoms with van der Waals surface area (Å²) in [6.45, 7) is 8.11. The standard InChI is InChI=1S/C22H23ClN2O3/c1-6-24-15(4)20(22(27)28-5)19(21(24)26)11-16-10-13(2)25(14(16)3)18-9-7-8-17(23)12-18/h7-12H,6H2,1-5H3/b19-11-. The van der Waals surface area contributed by atoms with Gasteiger partial charge < -0.3 is 14.2 Å². The number of nitrogens with zero attached hydrogens (tertiary/aromatic N) is 2. The minimum absolute atomic E-state index is 0.187. The molecule has 1 aliphatic rings. The van der Waals surface area contributed by atoms with Gasteiger partial charge in [-0.3, -0.25) is 4.79 Å². The molecule has 0 saturated heterocycles. The molecule has 1 aromatic carbocycles. The number of halogens is 1. The van der Waals surface area contributed by atoms with Gasteiger partial charge in [0.1, 0.15) is 0 Å². The molecule has 0 saturated carbocycles. The average Bonchev–Trinajstić information content (AvgIpc) is 3.07. The Bertz CT molecular complexity index is 1030. The fourth-order valence-electron chi connectivity index (χ4n) is 3.71. The van der Waals surface area contributed by atoms with Gasteiger partial charge >= 0.3 is 5.97 Å². The molecular formula is C22H23ClN2O3. The summed E-state index contributed by atoms with van der Waals surface area (Å²) in [5.74, 6) is -0.690. The molecule has 3 rings (SSSR count). The van der Waals surface area contributed by atoms with E-state index >= 15 is 0 Å². The highest BCUT2D eigenvalue weighted by Gasteiger charge is 2.36. The van der Waals surface area contributed by atoms with Crippen molar-refractivity contribution in [3.8, 4) is 5.69 Å². The number of amides is 1. The van der Waals surface area contributed by atoms with Crippen molar-refractivity contribution >= 4 is 29.6 Å². The van der Waals surface area contributed by atoms with Gasteiger partial charge in [-0.25, -0.2) is 4.79 Å². The fraction of sp³-hybridized carbons (Fsp3) is 0.273. The van der Waals surface area contributed by atoms with Gasteiger partial charge in [0.15, 0.2) is 0 Å². The number of aromatic nitrogens is 1. The number of carbonyl (C=O) groups excluding carboxylic acids is 2. The van der Waals surface area contributed by atoms with Crippen LogP contribution in [0, 0.1) is 13.8 Å². The summed E-state index contributed by atoms with van der Waals surface area (Å²) in [4.78, 5) is 26.8. The number of allylic oxidation sites excluding steroid dienone is 1. The summed E-state index contributed by atoms with van der Waals surface area (Å²) in [6.07, 6.45) is 1.77. The summed E-state index contributed by atoms with van der Waals surface area (Å²) < 4.78 is 6.99. The quantitative estimate of drug-likeness (QED) is 0.565. The van der Waals surface area contributed by atoms with E-state index in [1.807, 2.05) is 51.1 Å². The number of ether oxygens (including phenoxy) is 1. The van der Waals surface area contributed by atoms with Crippen LogP contribution in [0.25, 0.3) is 11.8 Å². The Balaban J connectivity index is 2.14. The number of hydrogen-bond donors (Lipinski definition) is 0. The van der Waals surface area contributed by atoms with E-state index in [1.165, 1.54) is 7.11 Å². The molecular weight excluding hydrogens is 376 g/mol. The van der Waals surface area contributed by atoms with Crippen molar-refractivity contribution in [3.63, 3.8) is 0 Å². The van der Waals surface area contributed by atoms with Gasteiger partial charge in [-0.2, -0.15) is 0 Å². The van der Waals surface area contributed by atoms with Crippen LogP contribution in [0.15, 0.2) is 47.2 Å². The Morgan fingerprint density at radius 3 is 2.54 bits per heavy atom. The van der Waals surface area contributed by atoms with Crippen LogP contribution in [0.5, 0.6) is 0 Å². The molecule has 0 unspecified atom stereocenters. The Kier molecular flexibility index (Phi) is 5.47. The van der Waals surface area contributed by atoms with Crippen molar-refractivity contribution < 1.29 is 14.3 Å². The highest BCUT2D eigenvalue weighted by atomic mass is 35.5. The van der Waals surface area contributed by atoms with Crippen LogP contribution in [-0.4, -0.2) is 35.0 Å². The maximum atomic E-state index is 12.9. The van der Waals surface area contributed by atoms with E-state index < -0.39 is 5.97 Å². The van der Waals surface area contributed by atoms with Crippen LogP contribution in [0.2, 0.25) is 5.02 Å². The summed E-state index contributed by atoms with van der Waals surface area (Å²) >= 11 is 6.15. The highest BCUT2D eigenvalue weighted by Crippen LogP contribution is 2.33. The van der Waals surface area contributed by atoms with Crippen molar-refractivity contribution in [1.29, 1.82) is 0 Å². The molecule has 0 radical (unpaired) electrons. The maximum Gasteiger partial charge on any atom is 0.340 e. The molecule has 28 heavy (non-hydrogen) atoms. The van der Waals surface area contributed by atoms with Crippen molar-refractivity contribution in [2.45, 2.75) is 27.7 Å². The maximum absolute atomic E-state index is 12.9. The summed E-state index contributed by atoms with van der Waals surface area (Å²) in [5, 5.41) is 0.654. The van der Waals surface area contributed by atoms with Gasteiger partial charge in [0.05, 0.1) is 18.3 Å². The van der Waals surface area contributed by atoms with E-state index in [-0.39, 0.29) is 5.91 Å². The van der Waals surface area contributed by atoms with Crippen LogP contribution in [0.4, 0.5) is 0 Å². The Labute approximate surface area is 169 Å². The predicted molar refractivity (Wildman–Crippen MR) is 110 cm³/mol. The third-order valence-corrected chi connectivity index (χ3v) is 5.29. The zero-order valence-corrected chi connectivity index (χ0v) is 17.4. The van der Waals surface area contributed by atoms with E-state index in [4.69, 9.17) is 16.3 Å². The lowest BCUT2D eigenvalue weighted by Crippen LogP contribution is -2.24. The third-order valence-electron chi connectivity index (χ3n) is 5.05. The number of benzene rings is 1. The summed E-state index contributed by atoms with van der Waals surface area (Å²) in [6, 6.07) is 9.59. The summed E-state index contributed by atoms with van der Waals surface area (Å²) in [5.41, 5.74) is 5.07. The van der Waals surface area contributed by atoms with Crippen LogP contribution in [0.3, 0.4) is 0 Å². The van der Waals surface area contributed by atoms with Gasteiger partial charge in [0.2, 0.25) is 0 Å². The molecule has 0 N–H and O–H groups in total. The Morgan fingerprint density at radius 1 is 1.21 bits per heavy atom. The van der Waals surface area contributed by atoms with Crippen LogP contribution >= 0.6 is 11.6 Å². The molecule has 0 spiro atoms. The van der Waals surface area contributed by atoms with E-state index in [2.05, 4.69) is 4.57 Å². The lowest BCUT2D eigenvalue weighted by molar-refractivity contribution is -0.136. The minimum atomic E-state index is -0.503. The van der Waals surface area contributed by atoms with Crippen molar-refractivity contribution in [2.75, 3.05) is 13.7 Å². The van der Waals surface area contributed by atoms with Gasteiger partial charge in [-0.05, 0) is 63.6 Å². The highest BCUT2D eigenvalue weighted by molar-refractivity contribution is 6.30. The number of methoxy groups -OCH3 is 1. The number of aryl methyl sites for hydroxylation is 1. The molecule has 0 aliphatic carbocycles. The first-order chi connectivity index (χ1) is 13.3. The number of carbonyl (C=O) groups is 2. The largest absolute Gasteiger partial charge is 0.465 e. The molecule has 1 aromatic heterocycles. The molecule has 0 fully saturated rings. The molecule has 0 atom stereocenters. The number of rotatable bonds is 4. The van der Waals surface area contributed by atoms with E-state index in [0.29, 0.717) is 28.4 Å². The lowest BCUT2D eigenvalue weighted by atomic mass is 10.0. The van der Waals surface area contributed by atoms with Gasteiger partial charge in [-0.1, -0.05) is 17.7 Å². The molecule has 2 aromatic rings. The van der Waals surface area contributed by atoms with Gasteiger partial charge in [0, 0.05) is 34.3 Å². The van der Waals surface area contributed by atoms with Crippen LogP contribution in [0.1, 0.15) is 30.8 Å². The SMILES string of the molecule is CCN1C(=O)/C(=C\c2cc(C)n(-c3cccc(Cl)c3)c2C)C(C(=O)OC)=C1C. The zero-order chi connectivity index (χ0) is 20.6. The number of esters is 1. The summed E-state index contributed by atoms with van der Waals surface area (Å²) in [7, 11) is 1.32. The fourth-order valence-corrected chi connectivity index (χ4v) is 3.90. The molecule has 6 heteroatoms. The normalized spacial score (nSPS) is 15.7. The predicted octanol–water partition coefficient (Wildman–Crippen LogP) is 4.44. The second-order valence-corrected chi connectivity index (χ2v) is 7.14. The topological polar surface area (TPSA) is 51.5 Å². The zero-order valence-electron chi connectivity index (χ0n) is 16.7. The molecule has 1 amide bonds. The van der Waals surface area contributed by atoms with Crippen molar-refractivity contribution in [3.05, 3.63) is 69.1 Å². The Morgan fingerprint density at radius 2 is 1.93 bits per heavy atom. The van der Waals surface area contributed by atoms with Crippen LogP contribution < -0.4 is 0 Å². The smallest absolute Gasteiger partial charge is 0.340 e. The molecule has 146 valence electrons. The van der Waals surface area contributed by atoms with E-state index in [9.17, 15) is 9.59 Å². The second kappa shape index (κ2) is 7.68. The molecule has 2 heterocycles. The first-order valence-corrected chi connectivity index (χ1v) is 9.46. The van der Waals surface area contributed by atoms with Gasteiger partial charge in [0.25, 0.3) is 5.91 Å². The third kappa shape index (κ3) is 3.27. The molecule has 5 nitrogen and oxygen atoms in total. The van der Waals surface area contributed by atoms with Crippen LogP contribution in [-0.2, 0) is 14.3 Å². The average molecular weight is 399 g/mol. The molecule has 1 aliphatic heterocycles.